The van der Waals surface area contributed by atoms with E-state index in [1.54, 1.807) is 0 Å². The molecule has 2 heteroatoms. The van der Waals surface area contributed by atoms with Gasteiger partial charge in [-0.25, -0.2) is 0 Å². The lowest BCUT2D eigenvalue weighted by molar-refractivity contribution is 0.246. The Kier molecular flexibility index (Phi) is 7.11. The van der Waals surface area contributed by atoms with Crippen LogP contribution in [0, 0.1) is 5.92 Å². The van der Waals surface area contributed by atoms with Crippen LogP contribution in [0.1, 0.15) is 38.7 Å². The van der Waals surface area contributed by atoms with E-state index in [9.17, 15) is 0 Å². The fraction of sp³-hybridized carbons (Fsp3) is 0.647. The lowest BCUT2D eigenvalue weighted by Crippen LogP contribution is -2.39. The molecule has 1 aromatic carbocycles. The topological polar surface area (TPSA) is 15.3 Å². The number of nitrogens with zero attached hydrogens (tertiary/aromatic N) is 1. The Balaban J connectivity index is 2.35. The Morgan fingerprint density at radius 3 is 2.16 bits per heavy atom. The first-order valence-electron chi connectivity index (χ1n) is 7.42. The molecular weight excluding hydrogens is 232 g/mol. The van der Waals surface area contributed by atoms with Gasteiger partial charge in [-0.05, 0) is 37.9 Å². The largest absolute Gasteiger partial charge is 0.315 e. The zero-order chi connectivity index (χ0) is 14.3. The van der Waals surface area contributed by atoms with Crippen LogP contribution >= 0.6 is 0 Å². The molecule has 2 unspecified atom stereocenters. The minimum atomic E-state index is 0.572. The Morgan fingerprint density at radius 2 is 1.63 bits per heavy atom. The second kappa shape index (κ2) is 8.34. The van der Waals surface area contributed by atoms with Gasteiger partial charge >= 0.3 is 0 Å². The number of rotatable bonds is 8. The van der Waals surface area contributed by atoms with Gasteiger partial charge in [0.1, 0.15) is 0 Å². The summed E-state index contributed by atoms with van der Waals surface area (Å²) in [5.74, 6) is 1.32. The second-order valence-electron chi connectivity index (χ2n) is 6.22. The van der Waals surface area contributed by atoms with E-state index in [0.717, 1.165) is 19.0 Å². The van der Waals surface area contributed by atoms with E-state index in [2.05, 4.69) is 75.4 Å². The summed E-state index contributed by atoms with van der Waals surface area (Å²) >= 11 is 0. The van der Waals surface area contributed by atoms with Gasteiger partial charge in [-0.15, -0.1) is 0 Å². The molecule has 0 aliphatic rings. The molecule has 0 saturated carbocycles. The molecule has 0 bridgehead atoms. The first-order chi connectivity index (χ1) is 9.00. The van der Waals surface area contributed by atoms with Crippen LogP contribution in [0.15, 0.2) is 30.3 Å². The van der Waals surface area contributed by atoms with Crippen molar-refractivity contribution in [1.29, 1.82) is 0 Å². The lowest BCUT2D eigenvalue weighted by atomic mass is 10.0. The summed E-state index contributed by atoms with van der Waals surface area (Å²) in [6, 6.07) is 11.4. The maximum absolute atomic E-state index is 3.63. The molecule has 1 rings (SSSR count). The maximum atomic E-state index is 3.63. The van der Waals surface area contributed by atoms with Gasteiger partial charge in [0.15, 0.2) is 0 Å². The van der Waals surface area contributed by atoms with E-state index in [0.29, 0.717) is 12.0 Å². The van der Waals surface area contributed by atoms with Crippen LogP contribution in [0.2, 0.25) is 0 Å². The van der Waals surface area contributed by atoms with Gasteiger partial charge in [-0.1, -0.05) is 51.1 Å². The van der Waals surface area contributed by atoms with Crippen LogP contribution in [0.4, 0.5) is 0 Å². The molecule has 0 radical (unpaired) electrons. The van der Waals surface area contributed by atoms with Crippen molar-refractivity contribution in [2.24, 2.45) is 5.92 Å². The monoisotopic (exact) mass is 262 g/mol. The highest BCUT2D eigenvalue weighted by Crippen LogP contribution is 2.13. The summed E-state index contributed by atoms with van der Waals surface area (Å²) in [4.78, 5) is 2.33. The van der Waals surface area contributed by atoms with E-state index in [1.807, 2.05) is 0 Å². The van der Waals surface area contributed by atoms with Gasteiger partial charge in [0.05, 0.1) is 0 Å². The summed E-state index contributed by atoms with van der Waals surface area (Å²) in [6.07, 6.45) is 1.25. The molecular formula is C17H30N2. The van der Waals surface area contributed by atoms with Crippen LogP contribution in [0.5, 0.6) is 0 Å². The molecule has 1 N–H and O–H groups in total. The molecule has 0 spiro atoms. The van der Waals surface area contributed by atoms with Crippen molar-refractivity contribution >= 4 is 0 Å². The Labute approximate surface area is 119 Å². The van der Waals surface area contributed by atoms with Crippen molar-refractivity contribution in [2.45, 2.75) is 39.2 Å². The van der Waals surface area contributed by atoms with Crippen LogP contribution < -0.4 is 5.32 Å². The maximum Gasteiger partial charge on any atom is 0.0216 e. The first-order valence-corrected chi connectivity index (χ1v) is 7.42. The first kappa shape index (κ1) is 16.2. The standard InChI is InChI=1S/C17H30N2/c1-14(2)11-17(19(4)5)13-18-12-15(3)16-9-7-6-8-10-16/h6-10,14-15,17-18H,11-13H2,1-5H3. The van der Waals surface area contributed by atoms with Gasteiger partial charge in [-0.3, -0.25) is 0 Å². The van der Waals surface area contributed by atoms with Crippen LogP contribution in [0.3, 0.4) is 0 Å². The zero-order valence-electron chi connectivity index (χ0n) is 13.2. The molecule has 0 amide bonds. The van der Waals surface area contributed by atoms with Gasteiger partial charge in [-0.2, -0.15) is 0 Å². The molecule has 0 fully saturated rings. The van der Waals surface area contributed by atoms with Gasteiger partial charge < -0.3 is 10.2 Å². The highest BCUT2D eigenvalue weighted by atomic mass is 15.1. The summed E-state index contributed by atoms with van der Waals surface area (Å²) in [5, 5.41) is 3.63. The normalized spacial score (nSPS) is 14.9. The molecule has 0 saturated heterocycles. The van der Waals surface area contributed by atoms with Crippen molar-refractivity contribution in [2.75, 3.05) is 27.2 Å². The molecule has 19 heavy (non-hydrogen) atoms. The van der Waals surface area contributed by atoms with Crippen molar-refractivity contribution in [3.05, 3.63) is 35.9 Å². The second-order valence-corrected chi connectivity index (χ2v) is 6.22. The molecule has 108 valence electrons. The fourth-order valence-corrected chi connectivity index (χ4v) is 2.39. The zero-order valence-corrected chi connectivity index (χ0v) is 13.2. The van der Waals surface area contributed by atoms with E-state index < -0.39 is 0 Å². The molecule has 0 aromatic heterocycles. The molecule has 2 atom stereocenters. The van der Waals surface area contributed by atoms with E-state index in [1.165, 1.54) is 12.0 Å². The van der Waals surface area contributed by atoms with Crippen molar-refractivity contribution < 1.29 is 0 Å². The smallest absolute Gasteiger partial charge is 0.0216 e. The van der Waals surface area contributed by atoms with Crippen LogP contribution in [-0.2, 0) is 0 Å². The summed E-state index contributed by atoms with van der Waals surface area (Å²) in [5.41, 5.74) is 1.42. The summed E-state index contributed by atoms with van der Waals surface area (Å²) in [7, 11) is 4.35. The minimum absolute atomic E-state index is 0.572. The highest BCUT2D eigenvalue weighted by Gasteiger charge is 2.13. The third-order valence-electron chi connectivity index (χ3n) is 3.67. The highest BCUT2D eigenvalue weighted by molar-refractivity contribution is 5.18. The molecule has 0 heterocycles. The average Bonchev–Trinajstić information content (AvgIpc) is 2.37. The third-order valence-corrected chi connectivity index (χ3v) is 3.67. The van der Waals surface area contributed by atoms with Crippen molar-refractivity contribution in [1.82, 2.24) is 10.2 Å². The number of hydrogen-bond acceptors (Lipinski definition) is 2. The van der Waals surface area contributed by atoms with Crippen LogP contribution in [0.25, 0.3) is 0 Å². The number of nitrogens with one attached hydrogen (secondary N) is 1. The molecule has 1 aromatic rings. The number of benzene rings is 1. The van der Waals surface area contributed by atoms with E-state index >= 15 is 0 Å². The third kappa shape index (κ3) is 6.22. The van der Waals surface area contributed by atoms with Crippen molar-refractivity contribution in [3.8, 4) is 0 Å². The Hall–Kier alpha value is -0.860. The van der Waals surface area contributed by atoms with Gasteiger partial charge in [0.25, 0.3) is 0 Å². The van der Waals surface area contributed by atoms with Crippen LogP contribution in [-0.4, -0.2) is 38.1 Å². The molecule has 0 aliphatic heterocycles. The molecule has 0 aliphatic carbocycles. The summed E-state index contributed by atoms with van der Waals surface area (Å²) < 4.78 is 0. The molecule has 2 nitrogen and oxygen atoms in total. The van der Waals surface area contributed by atoms with Gasteiger partial charge in [0, 0.05) is 19.1 Å². The Morgan fingerprint density at radius 1 is 1.00 bits per heavy atom. The Bertz CT molecular complexity index is 332. The number of likely N-dealkylation sites (N-methyl/N-ethyl adjacent to an activating group) is 1. The number of hydrogen-bond donors (Lipinski definition) is 1. The summed E-state index contributed by atoms with van der Waals surface area (Å²) in [6.45, 7) is 9.00. The lowest BCUT2D eigenvalue weighted by Gasteiger charge is -2.27. The predicted octanol–water partition coefficient (Wildman–Crippen LogP) is 3.36. The average molecular weight is 262 g/mol. The van der Waals surface area contributed by atoms with E-state index in [4.69, 9.17) is 0 Å². The van der Waals surface area contributed by atoms with Crippen molar-refractivity contribution in [3.63, 3.8) is 0 Å². The van der Waals surface area contributed by atoms with Gasteiger partial charge in [0.2, 0.25) is 0 Å². The van der Waals surface area contributed by atoms with E-state index in [-0.39, 0.29) is 0 Å². The SMILES string of the molecule is CC(C)CC(CNCC(C)c1ccccc1)N(C)C. The minimum Gasteiger partial charge on any atom is -0.315 e. The quantitative estimate of drug-likeness (QED) is 0.773. The fourth-order valence-electron chi connectivity index (χ4n) is 2.39. The predicted molar refractivity (Wildman–Crippen MR) is 84.7 cm³/mol.